The molecule has 1 aromatic rings. The molecular weight excluding hydrogens is 162 g/mol. The molecule has 1 N–H and O–H groups in total. The van der Waals surface area contributed by atoms with Crippen molar-refractivity contribution in [3.8, 4) is 0 Å². The molecule has 0 unspecified atom stereocenters. The summed E-state index contributed by atoms with van der Waals surface area (Å²) in [4.78, 5) is 2.13. The van der Waals surface area contributed by atoms with E-state index >= 15 is 0 Å². The van der Waals surface area contributed by atoms with Crippen LogP contribution < -0.4 is 0 Å². The first-order chi connectivity index (χ1) is 6.25. The first kappa shape index (κ1) is 10.2. The Kier molecular flexibility index (Phi) is 3.93. The fraction of sp³-hybridized carbons (Fsp3) is 0.455. The molecule has 0 spiro atoms. The van der Waals surface area contributed by atoms with Gasteiger partial charge < -0.3 is 10.0 Å². The van der Waals surface area contributed by atoms with Gasteiger partial charge in [-0.1, -0.05) is 30.3 Å². The molecule has 0 radical (unpaired) electrons. The molecule has 0 bridgehead atoms. The molecule has 1 atom stereocenters. The van der Waals surface area contributed by atoms with Crippen molar-refractivity contribution in [1.29, 1.82) is 0 Å². The number of aliphatic hydroxyl groups is 1. The van der Waals surface area contributed by atoms with Crippen molar-refractivity contribution >= 4 is 0 Å². The highest BCUT2D eigenvalue weighted by Gasteiger charge is 2.11. The van der Waals surface area contributed by atoms with Gasteiger partial charge >= 0.3 is 0 Å². The molecule has 0 aromatic heterocycles. The minimum Gasteiger partial charge on any atom is -0.396 e. The highest BCUT2D eigenvalue weighted by molar-refractivity contribution is 5.18. The summed E-state index contributed by atoms with van der Waals surface area (Å²) in [6, 6.07) is 10.6. The van der Waals surface area contributed by atoms with Crippen LogP contribution in [0.15, 0.2) is 30.3 Å². The van der Waals surface area contributed by atoms with Crippen LogP contribution in [0.3, 0.4) is 0 Å². The van der Waals surface area contributed by atoms with Crippen LogP contribution in [0.4, 0.5) is 0 Å². The van der Waals surface area contributed by atoms with Crippen LogP contribution in [0.2, 0.25) is 0 Å². The molecule has 0 aliphatic heterocycles. The van der Waals surface area contributed by atoms with Crippen molar-refractivity contribution in [2.45, 2.75) is 12.5 Å². The Labute approximate surface area is 79.8 Å². The monoisotopic (exact) mass is 179 g/mol. The number of rotatable bonds is 4. The van der Waals surface area contributed by atoms with Crippen LogP contribution in [-0.2, 0) is 0 Å². The average Bonchev–Trinajstić information content (AvgIpc) is 2.15. The lowest BCUT2D eigenvalue weighted by Crippen LogP contribution is -2.20. The second-order valence-electron chi connectivity index (χ2n) is 3.40. The summed E-state index contributed by atoms with van der Waals surface area (Å²) in [7, 11) is 4.07. The van der Waals surface area contributed by atoms with Gasteiger partial charge in [-0.15, -0.1) is 0 Å². The summed E-state index contributed by atoms with van der Waals surface area (Å²) in [5.41, 5.74) is 1.27. The molecule has 0 fully saturated rings. The van der Waals surface area contributed by atoms with Crippen LogP contribution in [0.1, 0.15) is 18.0 Å². The fourth-order valence-electron chi connectivity index (χ4n) is 1.52. The molecule has 72 valence electrons. The van der Waals surface area contributed by atoms with Gasteiger partial charge in [0.1, 0.15) is 0 Å². The predicted molar refractivity (Wildman–Crippen MR) is 54.6 cm³/mol. The van der Waals surface area contributed by atoms with Crippen LogP contribution >= 0.6 is 0 Å². The number of hydrogen-bond acceptors (Lipinski definition) is 2. The lowest BCUT2D eigenvalue weighted by atomic mass is 10.0. The largest absolute Gasteiger partial charge is 0.396 e. The van der Waals surface area contributed by atoms with Gasteiger partial charge in [-0.25, -0.2) is 0 Å². The molecule has 0 aliphatic carbocycles. The maximum absolute atomic E-state index is 8.92. The zero-order valence-electron chi connectivity index (χ0n) is 8.27. The molecule has 13 heavy (non-hydrogen) atoms. The van der Waals surface area contributed by atoms with Gasteiger partial charge in [0.25, 0.3) is 0 Å². The van der Waals surface area contributed by atoms with Crippen molar-refractivity contribution in [2.75, 3.05) is 20.7 Å². The second kappa shape index (κ2) is 5.00. The quantitative estimate of drug-likeness (QED) is 0.760. The zero-order chi connectivity index (χ0) is 9.68. The molecule has 1 rings (SSSR count). The van der Waals surface area contributed by atoms with Crippen LogP contribution in [-0.4, -0.2) is 30.7 Å². The SMILES string of the molecule is CN(C)[C@@H](CCO)c1ccccc1. The summed E-state index contributed by atoms with van der Waals surface area (Å²) in [6.07, 6.45) is 0.789. The molecule has 0 saturated heterocycles. The number of aliphatic hydroxyl groups excluding tert-OH is 1. The van der Waals surface area contributed by atoms with Gasteiger partial charge in [-0.2, -0.15) is 0 Å². The molecule has 1 aromatic carbocycles. The van der Waals surface area contributed by atoms with Crippen molar-refractivity contribution in [2.24, 2.45) is 0 Å². The molecule has 0 heterocycles. The summed E-state index contributed by atoms with van der Waals surface area (Å²) in [5, 5.41) is 8.92. The normalized spacial score (nSPS) is 13.2. The fourth-order valence-corrected chi connectivity index (χ4v) is 1.52. The number of nitrogens with zero attached hydrogens (tertiary/aromatic N) is 1. The minimum absolute atomic E-state index is 0.234. The molecule has 2 heteroatoms. The summed E-state index contributed by atoms with van der Waals surface area (Å²) in [6.45, 7) is 0.234. The lowest BCUT2D eigenvalue weighted by molar-refractivity contribution is 0.211. The van der Waals surface area contributed by atoms with Crippen LogP contribution in [0, 0.1) is 0 Å². The predicted octanol–water partition coefficient (Wildman–Crippen LogP) is 1.67. The van der Waals surface area contributed by atoms with Crippen LogP contribution in [0.25, 0.3) is 0 Å². The highest BCUT2D eigenvalue weighted by atomic mass is 16.3. The maximum Gasteiger partial charge on any atom is 0.0449 e. The maximum atomic E-state index is 8.92. The van der Waals surface area contributed by atoms with Crippen molar-refractivity contribution in [1.82, 2.24) is 4.90 Å². The zero-order valence-corrected chi connectivity index (χ0v) is 8.27. The average molecular weight is 179 g/mol. The summed E-state index contributed by atoms with van der Waals surface area (Å²) >= 11 is 0. The van der Waals surface area contributed by atoms with E-state index in [1.807, 2.05) is 32.3 Å². The van der Waals surface area contributed by atoms with Crippen molar-refractivity contribution in [3.05, 3.63) is 35.9 Å². The third kappa shape index (κ3) is 2.83. The van der Waals surface area contributed by atoms with Gasteiger partial charge in [-0.3, -0.25) is 0 Å². The third-order valence-electron chi connectivity index (χ3n) is 2.21. The van der Waals surface area contributed by atoms with E-state index in [2.05, 4.69) is 17.0 Å². The summed E-state index contributed by atoms with van der Waals surface area (Å²) in [5.74, 6) is 0. The van der Waals surface area contributed by atoms with E-state index in [-0.39, 0.29) is 6.61 Å². The minimum atomic E-state index is 0.234. The van der Waals surface area contributed by atoms with E-state index in [0.717, 1.165) is 6.42 Å². The lowest BCUT2D eigenvalue weighted by Gasteiger charge is -2.23. The van der Waals surface area contributed by atoms with Gasteiger partial charge in [0, 0.05) is 12.6 Å². The Morgan fingerprint density at radius 3 is 2.31 bits per heavy atom. The Bertz CT molecular complexity index is 233. The second-order valence-corrected chi connectivity index (χ2v) is 3.40. The van der Waals surface area contributed by atoms with Gasteiger partial charge in [-0.05, 0) is 26.1 Å². The van der Waals surface area contributed by atoms with Crippen molar-refractivity contribution in [3.63, 3.8) is 0 Å². The molecular formula is C11H17NO. The summed E-state index contributed by atoms with van der Waals surface area (Å²) < 4.78 is 0. The van der Waals surface area contributed by atoms with E-state index in [4.69, 9.17) is 5.11 Å². The van der Waals surface area contributed by atoms with Gasteiger partial charge in [0.2, 0.25) is 0 Å². The smallest absolute Gasteiger partial charge is 0.0449 e. The Morgan fingerprint density at radius 2 is 1.85 bits per heavy atom. The molecule has 0 amide bonds. The van der Waals surface area contributed by atoms with Crippen LogP contribution in [0.5, 0.6) is 0 Å². The first-order valence-corrected chi connectivity index (χ1v) is 4.58. The molecule has 0 saturated carbocycles. The number of hydrogen-bond donors (Lipinski definition) is 1. The highest BCUT2D eigenvalue weighted by Crippen LogP contribution is 2.20. The third-order valence-corrected chi connectivity index (χ3v) is 2.21. The van der Waals surface area contributed by atoms with E-state index in [1.165, 1.54) is 5.56 Å². The van der Waals surface area contributed by atoms with E-state index in [1.54, 1.807) is 0 Å². The van der Waals surface area contributed by atoms with E-state index in [0.29, 0.717) is 6.04 Å². The Morgan fingerprint density at radius 1 is 1.23 bits per heavy atom. The van der Waals surface area contributed by atoms with E-state index < -0.39 is 0 Å². The van der Waals surface area contributed by atoms with Crippen molar-refractivity contribution < 1.29 is 5.11 Å². The topological polar surface area (TPSA) is 23.5 Å². The first-order valence-electron chi connectivity index (χ1n) is 4.58. The molecule has 2 nitrogen and oxygen atoms in total. The Balaban J connectivity index is 2.76. The standard InChI is InChI=1S/C11H17NO/c1-12(2)11(8-9-13)10-6-4-3-5-7-10/h3-7,11,13H,8-9H2,1-2H3/t11-/m0/s1. The van der Waals surface area contributed by atoms with E-state index in [9.17, 15) is 0 Å². The molecule has 0 aliphatic rings. The van der Waals surface area contributed by atoms with Gasteiger partial charge in [0.15, 0.2) is 0 Å². The Hall–Kier alpha value is -0.860. The number of benzene rings is 1. The van der Waals surface area contributed by atoms with Gasteiger partial charge in [0.05, 0.1) is 0 Å².